The molecule has 4 atom stereocenters. The Kier molecular flexibility index (Phi) is 8.83. The average molecular weight is 399 g/mol. The third-order valence-corrected chi connectivity index (χ3v) is 11.9. The molecule has 0 N–H and O–H groups in total. The maximum absolute atomic E-state index is 4.93. The summed E-state index contributed by atoms with van der Waals surface area (Å²) in [4.78, 5) is 0. The normalized spacial score (nSPS) is 40.5. The molecule has 4 unspecified atom stereocenters. The van der Waals surface area contributed by atoms with Crippen molar-refractivity contribution < 1.29 is 20.8 Å². The second-order valence-corrected chi connectivity index (χ2v) is 15.3. The number of hydrogen-bond acceptors (Lipinski definition) is 0. The van der Waals surface area contributed by atoms with Crippen molar-refractivity contribution in [1.29, 1.82) is 0 Å². The molecular formula is C15H28Cl2SiZr. The van der Waals surface area contributed by atoms with Gasteiger partial charge in [-0.15, -0.1) is 0 Å². The molecular weight excluding hydrogens is 370 g/mol. The van der Waals surface area contributed by atoms with Crippen molar-refractivity contribution in [2.45, 2.75) is 75.0 Å². The van der Waals surface area contributed by atoms with Crippen LogP contribution in [-0.4, -0.2) is 8.07 Å². The summed E-state index contributed by atoms with van der Waals surface area (Å²) in [6, 6.07) is 1.66. The zero-order valence-electron chi connectivity index (χ0n) is 12.4. The molecule has 0 aromatic rings. The topological polar surface area (TPSA) is 0 Å². The first kappa shape index (κ1) is 18.7. The molecule has 2 saturated carbocycles. The van der Waals surface area contributed by atoms with Crippen molar-refractivity contribution in [1.82, 2.24) is 0 Å². The van der Waals surface area contributed by atoms with Crippen molar-refractivity contribution >= 4 is 25.1 Å². The van der Waals surface area contributed by atoms with E-state index in [0.29, 0.717) is 0 Å². The Morgan fingerprint density at radius 3 is 2.37 bits per heavy atom. The summed E-state index contributed by atoms with van der Waals surface area (Å²) < 4.78 is 0. The SMILES string of the molecule is C[Si]1(C2[CH-]CCC2)CCCC2CCCC21.[CH3-].[Cl][Zr+2][Cl]. The van der Waals surface area contributed by atoms with E-state index < -0.39 is 28.9 Å². The van der Waals surface area contributed by atoms with E-state index in [1.807, 2.05) is 0 Å². The molecule has 4 heteroatoms. The first-order chi connectivity index (χ1) is 8.72. The minimum atomic E-state index is -0.889. The van der Waals surface area contributed by atoms with Gasteiger partial charge in [0.2, 0.25) is 0 Å². The summed E-state index contributed by atoms with van der Waals surface area (Å²) in [5.41, 5.74) is 2.34. The van der Waals surface area contributed by atoms with Gasteiger partial charge < -0.3 is 13.8 Å². The van der Waals surface area contributed by atoms with Crippen molar-refractivity contribution in [3.63, 3.8) is 0 Å². The van der Waals surface area contributed by atoms with Gasteiger partial charge in [-0.25, -0.2) is 0 Å². The second kappa shape index (κ2) is 8.96. The van der Waals surface area contributed by atoms with Crippen LogP contribution in [0, 0.1) is 19.8 Å². The molecule has 110 valence electrons. The minimum absolute atomic E-state index is 0. The molecule has 0 spiro atoms. The molecule has 0 radical (unpaired) electrons. The van der Waals surface area contributed by atoms with Crippen LogP contribution < -0.4 is 0 Å². The van der Waals surface area contributed by atoms with Crippen molar-refractivity contribution in [3.8, 4) is 0 Å². The molecule has 0 nitrogen and oxygen atoms in total. The fourth-order valence-electron chi connectivity index (χ4n) is 5.02. The summed E-state index contributed by atoms with van der Waals surface area (Å²) in [7, 11) is 8.98. The predicted octanol–water partition coefficient (Wildman–Crippen LogP) is 6.61. The van der Waals surface area contributed by atoms with E-state index in [0.717, 1.165) is 5.54 Å². The van der Waals surface area contributed by atoms with Crippen molar-refractivity contribution in [3.05, 3.63) is 13.8 Å². The van der Waals surface area contributed by atoms with E-state index in [9.17, 15) is 0 Å². The van der Waals surface area contributed by atoms with Gasteiger partial charge in [-0.3, -0.25) is 0 Å². The summed E-state index contributed by atoms with van der Waals surface area (Å²) in [6.45, 7) is 2.77. The van der Waals surface area contributed by atoms with Gasteiger partial charge in [0.15, 0.2) is 0 Å². The Balaban J connectivity index is 0.000000416. The Morgan fingerprint density at radius 1 is 1.05 bits per heavy atom. The molecule has 3 aliphatic rings. The average Bonchev–Trinajstić information content (AvgIpc) is 3.02. The monoisotopic (exact) mass is 396 g/mol. The first-order valence-corrected chi connectivity index (χ1v) is 16.7. The van der Waals surface area contributed by atoms with Crippen molar-refractivity contribution in [2.24, 2.45) is 5.92 Å². The quantitative estimate of drug-likeness (QED) is 0.344. The molecule has 19 heavy (non-hydrogen) atoms. The number of rotatable bonds is 1. The molecule has 0 aromatic carbocycles. The molecule has 3 fully saturated rings. The summed E-state index contributed by atoms with van der Waals surface area (Å²) in [6.07, 6.45) is 15.1. The Labute approximate surface area is 140 Å². The summed E-state index contributed by atoms with van der Waals surface area (Å²) in [5.74, 6) is 1.17. The van der Waals surface area contributed by atoms with E-state index in [1.165, 1.54) is 24.3 Å². The van der Waals surface area contributed by atoms with Crippen LogP contribution in [0.2, 0.25) is 23.7 Å². The molecule has 0 amide bonds. The van der Waals surface area contributed by atoms with Crippen LogP contribution in [0.25, 0.3) is 0 Å². The fourth-order valence-corrected chi connectivity index (χ4v) is 11.1. The molecule has 1 aliphatic heterocycles. The van der Waals surface area contributed by atoms with Crippen LogP contribution in [-0.2, 0) is 20.8 Å². The van der Waals surface area contributed by atoms with Crippen LogP contribution in [0.1, 0.15) is 51.4 Å². The molecule has 1 heterocycles. The van der Waals surface area contributed by atoms with Crippen LogP contribution in [0.5, 0.6) is 0 Å². The maximum atomic E-state index is 4.93. The van der Waals surface area contributed by atoms with E-state index in [1.54, 1.807) is 44.6 Å². The van der Waals surface area contributed by atoms with E-state index in [2.05, 4.69) is 13.0 Å². The predicted molar refractivity (Wildman–Crippen MR) is 86.8 cm³/mol. The van der Waals surface area contributed by atoms with Crippen molar-refractivity contribution in [2.75, 3.05) is 0 Å². The first-order valence-electron chi connectivity index (χ1n) is 7.52. The molecule has 1 saturated heterocycles. The van der Waals surface area contributed by atoms with Gasteiger partial charge in [-0.05, 0) is 11.5 Å². The molecule has 2 aliphatic carbocycles. The van der Waals surface area contributed by atoms with E-state index >= 15 is 0 Å². The third kappa shape index (κ3) is 4.33. The van der Waals surface area contributed by atoms with E-state index in [4.69, 9.17) is 17.0 Å². The van der Waals surface area contributed by atoms with Gasteiger partial charge in [0, 0.05) is 8.07 Å². The fraction of sp³-hybridized carbons (Fsp3) is 0.867. The van der Waals surface area contributed by atoms with Crippen LogP contribution in [0.15, 0.2) is 0 Å². The summed E-state index contributed by atoms with van der Waals surface area (Å²) >= 11 is -0.826. The van der Waals surface area contributed by atoms with Gasteiger partial charge in [0.25, 0.3) is 0 Å². The zero-order valence-corrected chi connectivity index (χ0v) is 17.4. The van der Waals surface area contributed by atoms with Gasteiger partial charge in [0.1, 0.15) is 0 Å². The Bertz CT molecular complexity index is 259. The molecule has 0 bridgehead atoms. The number of halogens is 2. The summed E-state index contributed by atoms with van der Waals surface area (Å²) in [5, 5.41) is 0. The Hall–Kier alpha value is 1.68. The number of fused-ring (bicyclic) bond motifs is 1. The molecule has 3 rings (SSSR count). The van der Waals surface area contributed by atoms with Gasteiger partial charge >= 0.3 is 37.9 Å². The van der Waals surface area contributed by atoms with E-state index in [-0.39, 0.29) is 7.43 Å². The van der Waals surface area contributed by atoms with Crippen LogP contribution in [0.4, 0.5) is 0 Å². The standard InChI is InChI=1S/C14H25Si.CH3.2ClH.Zr/c1-15(13-8-2-3-9-13)11-5-7-12-6-4-10-14(12)15;;;;/h8,12-14H,2-7,9-11H2,1H3;1H3;2*1H;/q2*-1;;;+4/p-2. The van der Waals surface area contributed by atoms with Gasteiger partial charge in [-0.1, -0.05) is 57.5 Å². The number of hydrogen-bond donors (Lipinski definition) is 0. The van der Waals surface area contributed by atoms with Crippen LogP contribution in [0.3, 0.4) is 0 Å². The third-order valence-electron chi connectivity index (χ3n) is 5.81. The van der Waals surface area contributed by atoms with Gasteiger partial charge in [-0.2, -0.15) is 12.0 Å². The Morgan fingerprint density at radius 2 is 1.74 bits per heavy atom. The van der Waals surface area contributed by atoms with Gasteiger partial charge in [0.05, 0.1) is 0 Å². The zero-order chi connectivity index (χ0) is 13.0. The van der Waals surface area contributed by atoms with Crippen LogP contribution >= 0.6 is 17.0 Å². The second-order valence-electron chi connectivity index (χ2n) is 6.54. The molecule has 0 aromatic heterocycles.